The number of nitrogens with two attached hydrogens (primary N) is 1. The van der Waals surface area contributed by atoms with Crippen molar-refractivity contribution in [3.8, 4) is 0 Å². The van der Waals surface area contributed by atoms with E-state index in [0.29, 0.717) is 6.54 Å². The third kappa shape index (κ3) is 1.69. The van der Waals surface area contributed by atoms with Gasteiger partial charge in [-0.15, -0.1) is 0 Å². The fraction of sp³-hybridized carbons (Fsp3) is 0.133. The van der Waals surface area contributed by atoms with Gasteiger partial charge >= 0.3 is 0 Å². The van der Waals surface area contributed by atoms with Crippen molar-refractivity contribution in [3.05, 3.63) is 65.7 Å². The van der Waals surface area contributed by atoms with E-state index in [1.54, 1.807) is 4.90 Å². The second kappa shape index (κ2) is 4.27. The molecule has 0 spiro atoms. The predicted octanol–water partition coefficient (Wildman–Crippen LogP) is 2.23. The van der Waals surface area contributed by atoms with Crippen molar-refractivity contribution >= 4 is 11.6 Å². The van der Waals surface area contributed by atoms with E-state index >= 15 is 0 Å². The molecule has 0 radical (unpaired) electrons. The summed E-state index contributed by atoms with van der Waals surface area (Å²) in [5.74, 6) is -0.0277. The molecule has 18 heavy (non-hydrogen) atoms. The smallest absolute Gasteiger partial charge is 0.248 e. The van der Waals surface area contributed by atoms with E-state index < -0.39 is 6.04 Å². The van der Waals surface area contributed by atoms with Crippen LogP contribution in [-0.2, 0) is 11.3 Å². The molecule has 2 N–H and O–H groups in total. The van der Waals surface area contributed by atoms with Gasteiger partial charge in [0.1, 0.15) is 6.04 Å². The summed E-state index contributed by atoms with van der Waals surface area (Å²) in [4.78, 5) is 13.9. The second-order valence-corrected chi connectivity index (χ2v) is 4.45. The van der Waals surface area contributed by atoms with E-state index in [-0.39, 0.29) is 5.91 Å². The molecule has 1 aliphatic heterocycles. The summed E-state index contributed by atoms with van der Waals surface area (Å²) in [5, 5.41) is 0. The van der Waals surface area contributed by atoms with Gasteiger partial charge in [-0.3, -0.25) is 4.79 Å². The summed E-state index contributed by atoms with van der Waals surface area (Å²) in [6.07, 6.45) is 0. The van der Waals surface area contributed by atoms with Crippen molar-refractivity contribution in [2.24, 2.45) is 5.73 Å². The Labute approximate surface area is 106 Å². The number of amides is 1. The van der Waals surface area contributed by atoms with Gasteiger partial charge in [0.2, 0.25) is 5.91 Å². The molecule has 1 heterocycles. The Hall–Kier alpha value is -2.13. The standard InChI is InChI=1S/C15H14N2O/c16-14-12-8-4-5-9-13(12)17(15(14)18)10-11-6-2-1-3-7-11/h1-9,14H,10,16H2. The Kier molecular flexibility index (Phi) is 2.61. The lowest BCUT2D eigenvalue weighted by atomic mass is 10.1. The van der Waals surface area contributed by atoms with Gasteiger partial charge in [-0.1, -0.05) is 48.5 Å². The summed E-state index contributed by atoms with van der Waals surface area (Å²) >= 11 is 0. The van der Waals surface area contributed by atoms with E-state index in [0.717, 1.165) is 16.8 Å². The van der Waals surface area contributed by atoms with Crippen LogP contribution in [0.25, 0.3) is 0 Å². The van der Waals surface area contributed by atoms with Crippen LogP contribution in [0.3, 0.4) is 0 Å². The number of hydrogen-bond acceptors (Lipinski definition) is 2. The molecule has 0 aliphatic carbocycles. The lowest BCUT2D eigenvalue weighted by Gasteiger charge is -2.17. The molecule has 0 aromatic heterocycles. The molecule has 2 aromatic rings. The van der Waals surface area contributed by atoms with Crippen LogP contribution in [0.5, 0.6) is 0 Å². The van der Waals surface area contributed by atoms with Gasteiger partial charge < -0.3 is 10.6 Å². The number of hydrogen-bond donors (Lipinski definition) is 1. The van der Waals surface area contributed by atoms with Crippen LogP contribution in [0.4, 0.5) is 5.69 Å². The molecule has 1 aliphatic rings. The topological polar surface area (TPSA) is 46.3 Å². The second-order valence-electron chi connectivity index (χ2n) is 4.45. The highest BCUT2D eigenvalue weighted by atomic mass is 16.2. The quantitative estimate of drug-likeness (QED) is 0.872. The van der Waals surface area contributed by atoms with Crippen molar-refractivity contribution in [1.82, 2.24) is 0 Å². The molecule has 0 saturated heterocycles. The monoisotopic (exact) mass is 238 g/mol. The molecular weight excluding hydrogens is 224 g/mol. The fourth-order valence-corrected chi connectivity index (χ4v) is 2.35. The summed E-state index contributed by atoms with van der Waals surface area (Å²) in [6, 6.07) is 17.1. The fourth-order valence-electron chi connectivity index (χ4n) is 2.35. The van der Waals surface area contributed by atoms with Gasteiger partial charge in [0.15, 0.2) is 0 Å². The highest BCUT2D eigenvalue weighted by Gasteiger charge is 2.34. The zero-order valence-corrected chi connectivity index (χ0v) is 9.91. The number of anilines is 1. The van der Waals surface area contributed by atoms with E-state index in [9.17, 15) is 4.79 Å². The van der Waals surface area contributed by atoms with E-state index in [4.69, 9.17) is 5.73 Å². The molecule has 0 fully saturated rings. The van der Waals surface area contributed by atoms with Gasteiger partial charge in [0.05, 0.1) is 6.54 Å². The van der Waals surface area contributed by atoms with E-state index in [2.05, 4.69) is 0 Å². The highest BCUT2D eigenvalue weighted by molar-refractivity contribution is 6.04. The molecule has 3 heteroatoms. The normalized spacial score (nSPS) is 17.9. The highest BCUT2D eigenvalue weighted by Crippen LogP contribution is 2.35. The zero-order chi connectivity index (χ0) is 12.5. The number of fused-ring (bicyclic) bond motifs is 1. The Bertz CT molecular complexity index is 580. The van der Waals surface area contributed by atoms with Gasteiger partial charge in [0, 0.05) is 11.3 Å². The summed E-state index contributed by atoms with van der Waals surface area (Å²) in [6.45, 7) is 0.574. The van der Waals surface area contributed by atoms with Crippen molar-refractivity contribution < 1.29 is 4.79 Å². The Morgan fingerprint density at radius 2 is 1.67 bits per heavy atom. The van der Waals surface area contributed by atoms with Crippen molar-refractivity contribution in [2.75, 3.05) is 4.90 Å². The molecule has 3 nitrogen and oxygen atoms in total. The minimum absolute atomic E-state index is 0.0277. The lowest BCUT2D eigenvalue weighted by molar-refractivity contribution is -0.119. The molecule has 0 bridgehead atoms. The number of nitrogens with zero attached hydrogens (tertiary/aromatic N) is 1. The number of carbonyl (C=O) groups excluding carboxylic acids is 1. The minimum Gasteiger partial charge on any atom is -0.316 e. The molecule has 1 amide bonds. The summed E-state index contributed by atoms with van der Waals surface area (Å²) < 4.78 is 0. The average Bonchev–Trinajstić information content (AvgIpc) is 2.66. The van der Waals surface area contributed by atoms with Crippen LogP contribution in [0.1, 0.15) is 17.2 Å². The van der Waals surface area contributed by atoms with Crippen LogP contribution in [0.15, 0.2) is 54.6 Å². The SMILES string of the molecule is NC1C(=O)N(Cc2ccccc2)c2ccccc21. The molecular formula is C15H14N2O. The summed E-state index contributed by atoms with van der Waals surface area (Å²) in [7, 11) is 0. The van der Waals surface area contributed by atoms with Gasteiger partial charge in [0.25, 0.3) is 0 Å². The van der Waals surface area contributed by atoms with Crippen LogP contribution in [-0.4, -0.2) is 5.91 Å². The molecule has 1 atom stereocenters. The first kappa shape index (κ1) is 11.0. The molecule has 3 rings (SSSR count). The number of rotatable bonds is 2. The largest absolute Gasteiger partial charge is 0.316 e. The van der Waals surface area contributed by atoms with Crippen LogP contribution >= 0.6 is 0 Å². The van der Waals surface area contributed by atoms with Crippen LogP contribution in [0, 0.1) is 0 Å². The minimum atomic E-state index is -0.523. The molecule has 2 aromatic carbocycles. The first-order chi connectivity index (χ1) is 8.77. The molecule has 0 saturated carbocycles. The maximum absolute atomic E-state index is 12.2. The maximum Gasteiger partial charge on any atom is 0.248 e. The van der Waals surface area contributed by atoms with Crippen molar-refractivity contribution in [1.29, 1.82) is 0 Å². The maximum atomic E-state index is 12.2. The van der Waals surface area contributed by atoms with Crippen LogP contribution < -0.4 is 10.6 Å². The zero-order valence-electron chi connectivity index (χ0n) is 9.91. The summed E-state index contributed by atoms with van der Waals surface area (Å²) in [5.41, 5.74) is 8.89. The molecule has 90 valence electrons. The van der Waals surface area contributed by atoms with Crippen LogP contribution in [0.2, 0.25) is 0 Å². The Balaban J connectivity index is 1.96. The lowest BCUT2D eigenvalue weighted by Crippen LogP contribution is -2.31. The number of carbonyl (C=O) groups is 1. The van der Waals surface area contributed by atoms with E-state index in [1.807, 2.05) is 54.6 Å². The Morgan fingerprint density at radius 1 is 1.00 bits per heavy atom. The Morgan fingerprint density at radius 3 is 2.44 bits per heavy atom. The van der Waals surface area contributed by atoms with Gasteiger partial charge in [-0.2, -0.15) is 0 Å². The van der Waals surface area contributed by atoms with E-state index in [1.165, 1.54) is 0 Å². The number of para-hydroxylation sites is 1. The first-order valence-electron chi connectivity index (χ1n) is 5.97. The van der Waals surface area contributed by atoms with Crippen molar-refractivity contribution in [3.63, 3.8) is 0 Å². The average molecular weight is 238 g/mol. The van der Waals surface area contributed by atoms with Gasteiger partial charge in [-0.25, -0.2) is 0 Å². The predicted molar refractivity (Wildman–Crippen MR) is 71.0 cm³/mol. The van der Waals surface area contributed by atoms with Crippen molar-refractivity contribution in [2.45, 2.75) is 12.6 Å². The number of benzene rings is 2. The third-order valence-corrected chi connectivity index (χ3v) is 3.28. The molecule has 1 unspecified atom stereocenters. The third-order valence-electron chi connectivity index (χ3n) is 3.28. The first-order valence-corrected chi connectivity index (χ1v) is 5.97. The van der Waals surface area contributed by atoms with Gasteiger partial charge in [-0.05, 0) is 11.6 Å².